The lowest BCUT2D eigenvalue weighted by Gasteiger charge is -2.08. The molecule has 0 atom stereocenters. The number of nitrogens with one attached hydrogen (secondary N) is 1. The second-order valence-corrected chi connectivity index (χ2v) is 6.58. The molecule has 0 aromatic heterocycles. The molecule has 110 valence electrons. The van der Waals surface area contributed by atoms with Crippen molar-refractivity contribution in [1.82, 2.24) is 0 Å². The molecule has 0 heterocycles. The van der Waals surface area contributed by atoms with Gasteiger partial charge < -0.3 is 0 Å². The summed E-state index contributed by atoms with van der Waals surface area (Å²) in [5, 5.41) is 10.5. The van der Waals surface area contributed by atoms with Gasteiger partial charge in [0.2, 0.25) is 5.82 Å². The second kappa shape index (κ2) is 5.78. The summed E-state index contributed by atoms with van der Waals surface area (Å²) in [7, 11) is -4.02. The molecule has 2 rings (SSSR count). The van der Waals surface area contributed by atoms with E-state index >= 15 is 0 Å². The molecule has 0 spiro atoms. The van der Waals surface area contributed by atoms with Gasteiger partial charge in [-0.25, -0.2) is 8.42 Å². The predicted molar refractivity (Wildman–Crippen MR) is 78.0 cm³/mol. The molecule has 0 aliphatic heterocycles. The number of rotatable bonds is 4. The van der Waals surface area contributed by atoms with E-state index in [4.69, 9.17) is 0 Å². The Morgan fingerprint density at radius 2 is 1.76 bits per heavy atom. The first kappa shape index (κ1) is 15.4. The van der Waals surface area contributed by atoms with Crippen LogP contribution in [0.1, 0.15) is 0 Å². The molecule has 2 aromatic carbocycles. The number of sulfonamides is 1. The maximum absolute atomic E-state index is 13.5. The molecule has 6 nitrogen and oxygen atoms in total. The molecule has 9 heteroatoms. The Balaban J connectivity index is 2.33. The van der Waals surface area contributed by atoms with Crippen LogP contribution >= 0.6 is 15.9 Å². The third-order valence-electron chi connectivity index (χ3n) is 2.52. The normalized spacial score (nSPS) is 11.1. The summed E-state index contributed by atoms with van der Waals surface area (Å²) in [6.07, 6.45) is 0. The van der Waals surface area contributed by atoms with Crippen LogP contribution in [0.5, 0.6) is 0 Å². The third kappa shape index (κ3) is 3.56. The molecule has 0 saturated heterocycles. The minimum Gasteiger partial charge on any atom is -0.280 e. The molecule has 0 bridgehead atoms. The Labute approximate surface area is 127 Å². The summed E-state index contributed by atoms with van der Waals surface area (Å²) in [4.78, 5) is 9.18. The second-order valence-electron chi connectivity index (χ2n) is 3.98. The maximum Gasteiger partial charge on any atom is 0.304 e. The predicted octanol–water partition coefficient (Wildman–Crippen LogP) is 3.30. The standard InChI is InChI=1S/C12H8BrFN2O4S/c13-8-1-3-9(4-2-8)15-21(19,20)10-5-6-12(16(17)18)11(14)7-10/h1-7,15H. The van der Waals surface area contributed by atoms with E-state index in [0.29, 0.717) is 6.07 Å². The molecule has 0 unspecified atom stereocenters. The van der Waals surface area contributed by atoms with Crippen LogP contribution in [0.2, 0.25) is 0 Å². The van der Waals surface area contributed by atoms with Crippen LogP contribution in [-0.4, -0.2) is 13.3 Å². The zero-order valence-corrected chi connectivity index (χ0v) is 12.7. The van der Waals surface area contributed by atoms with Crippen molar-refractivity contribution in [3.05, 3.63) is 62.9 Å². The van der Waals surface area contributed by atoms with E-state index in [9.17, 15) is 22.9 Å². The molecule has 0 aliphatic rings. The highest BCUT2D eigenvalue weighted by Gasteiger charge is 2.20. The van der Waals surface area contributed by atoms with Crippen LogP contribution < -0.4 is 4.72 Å². The number of nitro benzene ring substituents is 1. The summed E-state index contributed by atoms with van der Waals surface area (Å²) in [6.45, 7) is 0. The highest BCUT2D eigenvalue weighted by atomic mass is 79.9. The number of nitrogens with zero attached hydrogens (tertiary/aromatic N) is 1. The van der Waals surface area contributed by atoms with E-state index in [2.05, 4.69) is 20.7 Å². The Morgan fingerprint density at radius 1 is 1.14 bits per heavy atom. The lowest BCUT2D eigenvalue weighted by molar-refractivity contribution is -0.387. The summed E-state index contributed by atoms with van der Waals surface area (Å²) in [6, 6.07) is 8.70. The number of anilines is 1. The summed E-state index contributed by atoms with van der Waals surface area (Å²) in [5.41, 5.74) is -0.491. The Hall–Kier alpha value is -2.00. The van der Waals surface area contributed by atoms with Gasteiger partial charge in [0.15, 0.2) is 0 Å². The minimum absolute atomic E-state index is 0.289. The van der Waals surface area contributed by atoms with Crippen molar-refractivity contribution in [1.29, 1.82) is 0 Å². The minimum atomic E-state index is -4.02. The Bertz CT molecular complexity index is 793. The van der Waals surface area contributed by atoms with Gasteiger partial charge in [-0.1, -0.05) is 15.9 Å². The van der Waals surface area contributed by atoms with E-state index in [1.807, 2.05) is 0 Å². The number of hydrogen-bond donors (Lipinski definition) is 1. The van der Waals surface area contributed by atoms with Crippen LogP contribution in [0.3, 0.4) is 0 Å². The highest BCUT2D eigenvalue weighted by molar-refractivity contribution is 9.10. The van der Waals surface area contributed by atoms with Gasteiger partial charge in [0.25, 0.3) is 10.0 Å². The van der Waals surface area contributed by atoms with Crippen molar-refractivity contribution in [2.24, 2.45) is 0 Å². The van der Waals surface area contributed by atoms with Gasteiger partial charge in [-0.05, 0) is 30.3 Å². The average molecular weight is 375 g/mol. The Kier molecular flexibility index (Phi) is 4.24. The van der Waals surface area contributed by atoms with Crippen molar-refractivity contribution in [3.8, 4) is 0 Å². The quantitative estimate of drug-likeness (QED) is 0.656. The lowest BCUT2D eigenvalue weighted by atomic mass is 10.3. The van der Waals surface area contributed by atoms with Gasteiger partial charge in [0.1, 0.15) is 0 Å². The van der Waals surface area contributed by atoms with Crippen molar-refractivity contribution >= 4 is 37.3 Å². The number of halogens is 2. The van der Waals surface area contributed by atoms with Gasteiger partial charge in [0, 0.05) is 22.3 Å². The van der Waals surface area contributed by atoms with Gasteiger partial charge in [0.05, 0.1) is 9.82 Å². The third-order valence-corrected chi connectivity index (χ3v) is 4.43. The zero-order valence-electron chi connectivity index (χ0n) is 10.3. The van der Waals surface area contributed by atoms with E-state index in [1.54, 1.807) is 12.1 Å². The first-order chi connectivity index (χ1) is 9.79. The van der Waals surface area contributed by atoms with Crippen LogP contribution in [0.25, 0.3) is 0 Å². The molecule has 0 fully saturated rings. The van der Waals surface area contributed by atoms with Crippen molar-refractivity contribution in [3.63, 3.8) is 0 Å². The van der Waals surface area contributed by atoms with Crippen molar-refractivity contribution in [2.45, 2.75) is 4.90 Å². The van der Waals surface area contributed by atoms with Crippen molar-refractivity contribution in [2.75, 3.05) is 4.72 Å². The van der Waals surface area contributed by atoms with Gasteiger partial charge in [-0.3, -0.25) is 14.8 Å². The van der Waals surface area contributed by atoms with E-state index in [1.165, 1.54) is 12.1 Å². The zero-order chi connectivity index (χ0) is 15.6. The summed E-state index contributed by atoms with van der Waals surface area (Å²) >= 11 is 3.21. The topological polar surface area (TPSA) is 89.3 Å². The fourth-order valence-corrected chi connectivity index (χ4v) is 2.87. The molecule has 2 aromatic rings. The number of nitro groups is 1. The van der Waals surface area contributed by atoms with E-state index in [-0.39, 0.29) is 5.69 Å². The van der Waals surface area contributed by atoms with Crippen molar-refractivity contribution < 1.29 is 17.7 Å². The largest absolute Gasteiger partial charge is 0.304 e. The highest BCUT2D eigenvalue weighted by Crippen LogP contribution is 2.23. The van der Waals surface area contributed by atoms with E-state index in [0.717, 1.165) is 16.6 Å². The molecule has 0 saturated carbocycles. The van der Waals surface area contributed by atoms with Crippen LogP contribution in [0.4, 0.5) is 15.8 Å². The molecule has 0 radical (unpaired) electrons. The molecule has 21 heavy (non-hydrogen) atoms. The summed E-state index contributed by atoms with van der Waals surface area (Å²) in [5.74, 6) is -1.21. The smallest absolute Gasteiger partial charge is 0.280 e. The lowest BCUT2D eigenvalue weighted by Crippen LogP contribution is -2.13. The van der Waals surface area contributed by atoms with Crippen LogP contribution in [0.15, 0.2) is 51.8 Å². The molecule has 0 amide bonds. The fraction of sp³-hybridized carbons (Fsp3) is 0. The monoisotopic (exact) mass is 374 g/mol. The van der Waals surface area contributed by atoms with Gasteiger partial charge in [-0.15, -0.1) is 0 Å². The van der Waals surface area contributed by atoms with Gasteiger partial charge in [-0.2, -0.15) is 4.39 Å². The van der Waals surface area contributed by atoms with E-state index < -0.39 is 31.3 Å². The average Bonchev–Trinajstić information content (AvgIpc) is 2.40. The molecule has 0 aliphatic carbocycles. The number of hydrogen-bond acceptors (Lipinski definition) is 4. The molecular weight excluding hydrogens is 367 g/mol. The number of benzene rings is 2. The summed E-state index contributed by atoms with van der Waals surface area (Å²) < 4.78 is 40.6. The maximum atomic E-state index is 13.5. The first-order valence-electron chi connectivity index (χ1n) is 5.52. The molecule has 1 N–H and O–H groups in total. The Morgan fingerprint density at radius 3 is 2.29 bits per heavy atom. The van der Waals surface area contributed by atoms with Crippen LogP contribution in [-0.2, 0) is 10.0 Å². The van der Waals surface area contributed by atoms with Gasteiger partial charge >= 0.3 is 5.69 Å². The molecular formula is C12H8BrFN2O4S. The first-order valence-corrected chi connectivity index (χ1v) is 7.79. The fourth-order valence-electron chi connectivity index (χ4n) is 1.53. The SMILES string of the molecule is O=[N+]([O-])c1ccc(S(=O)(=O)Nc2ccc(Br)cc2)cc1F. The van der Waals surface area contributed by atoms with Crippen LogP contribution in [0, 0.1) is 15.9 Å².